The third-order valence-corrected chi connectivity index (χ3v) is 5.35. The van der Waals surface area contributed by atoms with Gasteiger partial charge in [0.2, 0.25) is 0 Å². The van der Waals surface area contributed by atoms with Crippen molar-refractivity contribution in [2.45, 2.75) is 6.42 Å². The van der Waals surface area contributed by atoms with E-state index >= 15 is 0 Å². The SMILES string of the molecule is COc1cc(OC)c2cc(-c3ccc(Cl)cc3)c(Cc3ccc(Cl)cc3)nc2c1. The van der Waals surface area contributed by atoms with Gasteiger partial charge in [0.05, 0.1) is 25.4 Å². The molecule has 0 N–H and O–H groups in total. The number of hydrogen-bond donors (Lipinski definition) is 0. The van der Waals surface area contributed by atoms with Crippen molar-refractivity contribution in [3.05, 3.63) is 88.0 Å². The summed E-state index contributed by atoms with van der Waals surface area (Å²) in [4.78, 5) is 4.98. The second kappa shape index (κ2) is 8.32. The number of benzene rings is 3. The van der Waals surface area contributed by atoms with Crippen molar-refractivity contribution in [3.8, 4) is 22.6 Å². The van der Waals surface area contributed by atoms with E-state index < -0.39 is 0 Å². The van der Waals surface area contributed by atoms with Gasteiger partial charge in [0.25, 0.3) is 0 Å². The number of fused-ring (bicyclic) bond motifs is 1. The molecule has 0 saturated carbocycles. The summed E-state index contributed by atoms with van der Waals surface area (Å²) in [7, 11) is 3.29. The van der Waals surface area contributed by atoms with Gasteiger partial charge in [-0.1, -0.05) is 47.5 Å². The molecule has 0 radical (unpaired) electrons. The molecule has 4 aromatic rings. The molecular weight excluding hydrogens is 405 g/mol. The minimum atomic E-state index is 0.671. The van der Waals surface area contributed by atoms with Crippen molar-refractivity contribution in [2.24, 2.45) is 0 Å². The molecule has 0 spiro atoms. The van der Waals surface area contributed by atoms with Crippen molar-refractivity contribution >= 4 is 34.1 Å². The Balaban J connectivity index is 1.93. The highest BCUT2D eigenvalue weighted by atomic mass is 35.5. The highest BCUT2D eigenvalue weighted by Gasteiger charge is 2.14. The number of ether oxygens (including phenoxy) is 2. The summed E-state index contributed by atoms with van der Waals surface area (Å²) in [6, 6.07) is 21.5. The number of hydrogen-bond acceptors (Lipinski definition) is 3. The number of methoxy groups -OCH3 is 2. The van der Waals surface area contributed by atoms with Crippen molar-refractivity contribution in [3.63, 3.8) is 0 Å². The van der Waals surface area contributed by atoms with E-state index in [2.05, 4.69) is 6.07 Å². The Hall–Kier alpha value is -2.75. The molecule has 3 nitrogen and oxygen atoms in total. The summed E-state index contributed by atoms with van der Waals surface area (Å²) in [6.07, 6.45) is 0.671. The fraction of sp³-hybridized carbons (Fsp3) is 0.125. The van der Waals surface area contributed by atoms with Gasteiger partial charge in [-0.3, -0.25) is 4.98 Å². The van der Waals surface area contributed by atoms with Crippen LogP contribution in [0.3, 0.4) is 0 Å². The van der Waals surface area contributed by atoms with Gasteiger partial charge in [-0.05, 0) is 41.5 Å². The van der Waals surface area contributed by atoms with Gasteiger partial charge < -0.3 is 9.47 Å². The summed E-state index contributed by atoms with van der Waals surface area (Å²) in [5, 5.41) is 2.34. The quantitative estimate of drug-likeness (QED) is 0.352. The van der Waals surface area contributed by atoms with Crippen LogP contribution in [0.1, 0.15) is 11.3 Å². The smallest absolute Gasteiger partial charge is 0.131 e. The molecule has 0 atom stereocenters. The molecular formula is C24H19Cl2NO2. The van der Waals surface area contributed by atoms with Crippen LogP contribution in [0.4, 0.5) is 0 Å². The van der Waals surface area contributed by atoms with Crippen LogP contribution in [0.5, 0.6) is 11.5 Å². The molecule has 146 valence electrons. The minimum absolute atomic E-state index is 0.671. The molecule has 0 amide bonds. The van der Waals surface area contributed by atoms with Crippen molar-refractivity contribution in [2.75, 3.05) is 14.2 Å². The number of nitrogens with zero attached hydrogens (tertiary/aromatic N) is 1. The van der Waals surface area contributed by atoms with Crippen LogP contribution < -0.4 is 9.47 Å². The lowest BCUT2D eigenvalue weighted by Crippen LogP contribution is -1.99. The molecule has 0 fully saturated rings. The first-order valence-corrected chi connectivity index (χ1v) is 9.89. The standard InChI is InChI=1S/C24H19Cl2NO2/c1-28-19-12-23-21(24(13-19)29-2)14-20(16-5-9-18(26)10-6-16)22(27-23)11-15-3-7-17(25)8-4-15/h3-10,12-14H,11H2,1-2H3. The van der Waals surface area contributed by atoms with Crippen LogP contribution in [0.2, 0.25) is 10.0 Å². The molecule has 0 unspecified atom stereocenters. The summed E-state index contributed by atoms with van der Waals surface area (Å²) in [5.74, 6) is 1.43. The van der Waals surface area contributed by atoms with Gasteiger partial charge in [0.1, 0.15) is 11.5 Å². The molecule has 3 aromatic carbocycles. The number of halogens is 2. The lowest BCUT2D eigenvalue weighted by atomic mass is 9.97. The second-order valence-electron chi connectivity index (χ2n) is 6.69. The maximum absolute atomic E-state index is 6.10. The first-order valence-electron chi connectivity index (χ1n) is 9.13. The van der Waals surface area contributed by atoms with Crippen LogP contribution in [-0.2, 0) is 6.42 Å². The van der Waals surface area contributed by atoms with Gasteiger partial charge in [-0.25, -0.2) is 0 Å². The highest BCUT2D eigenvalue weighted by molar-refractivity contribution is 6.30. The van der Waals surface area contributed by atoms with Crippen LogP contribution in [0, 0.1) is 0 Å². The average molecular weight is 424 g/mol. The van der Waals surface area contributed by atoms with Crippen molar-refractivity contribution < 1.29 is 9.47 Å². The number of pyridine rings is 1. The Morgan fingerprint density at radius 1 is 0.793 bits per heavy atom. The highest BCUT2D eigenvalue weighted by Crippen LogP contribution is 2.35. The maximum atomic E-state index is 6.10. The van der Waals surface area contributed by atoms with Crippen LogP contribution in [0.25, 0.3) is 22.0 Å². The first-order chi connectivity index (χ1) is 14.1. The first kappa shape index (κ1) is 19.6. The Morgan fingerprint density at radius 3 is 2.07 bits per heavy atom. The number of rotatable bonds is 5. The summed E-state index contributed by atoms with van der Waals surface area (Å²) in [6.45, 7) is 0. The van der Waals surface area contributed by atoms with Crippen LogP contribution in [-0.4, -0.2) is 19.2 Å². The zero-order valence-electron chi connectivity index (χ0n) is 16.1. The van der Waals surface area contributed by atoms with Crippen LogP contribution >= 0.6 is 23.2 Å². The fourth-order valence-corrected chi connectivity index (χ4v) is 3.61. The van der Waals surface area contributed by atoms with Gasteiger partial charge in [0.15, 0.2) is 0 Å². The second-order valence-corrected chi connectivity index (χ2v) is 7.56. The zero-order chi connectivity index (χ0) is 20.4. The molecule has 5 heteroatoms. The van der Waals surface area contributed by atoms with Gasteiger partial charge >= 0.3 is 0 Å². The molecule has 1 heterocycles. The Bertz CT molecular complexity index is 1160. The van der Waals surface area contributed by atoms with E-state index in [0.717, 1.165) is 39.0 Å². The molecule has 0 aliphatic heterocycles. The van der Waals surface area contributed by atoms with E-state index in [1.807, 2.05) is 60.7 Å². The number of aromatic nitrogens is 1. The van der Waals surface area contributed by atoms with Gasteiger partial charge in [-0.2, -0.15) is 0 Å². The Morgan fingerprint density at radius 2 is 1.45 bits per heavy atom. The van der Waals surface area contributed by atoms with E-state index in [1.54, 1.807) is 14.2 Å². The average Bonchev–Trinajstić information content (AvgIpc) is 2.74. The van der Waals surface area contributed by atoms with Gasteiger partial charge in [0, 0.05) is 39.5 Å². The fourth-order valence-electron chi connectivity index (χ4n) is 3.35. The predicted molar refractivity (Wildman–Crippen MR) is 120 cm³/mol. The molecule has 0 bridgehead atoms. The minimum Gasteiger partial charge on any atom is -0.497 e. The predicted octanol–water partition coefficient (Wildman–Crippen LogP) is 6.82. The van der Waals surface area contributed by atoms with E-state index in [1.165, 1.54) is 0 Å². The van der Waals surface area contributed by atoms with E-state index in [0.29, 0.717) is 22.2 Å². The normalized spacial score (nSPS) is 10.9. The topological polar surface area (TPSA) is 31.4 Å². The molecule has 0 aliphatic carbocycles. The molecule has 4 rings (SSSR count). The molecule has 0 saturated heterocycles. The largest absolute Gasteiger partial charge is 0.497 e. The third-order valence-electron chi connectivity index (χ3n) is 4.84. The van der Waals surface area contributed by atoms with E-state index in [4.69, 9.17) is 37.7 Å². The van der Waals surface area contributed by atoms with E-state index in [9.17, 15) is 0 Å². The summed E-state index contributed by atoms with van der Waals surface area (Å²) in [5.41, 5.74) is 4.99. The van der Waals surface area contributed by atoms with Crippen molar-refractivity contribution in [1.29, 1.82) is 0 Å². The zero-order valence-corrected chi connectivity index (χ0v) is 17.6. The Kier molecular flexibility index (Phi) is 5.61. The summed E-state index contributed by atoms with van der Waals surface area (Å²) < 4.78 is 11.0. The molecule has 29 heavy (non-hydrogen) atoms. The van der Waals surface area contributed by atoms with Crippen molar-refractivity contribution in [1.82, 2.24) is 4.98 Å². The molecule has 1 aromatic heterocycles. The Labute approximate surface area is 179 Å². The van der Waals surface area contributed by atoms with Crippen LogP contribution in [0.15, 0.2) is 66.7 Å². The lowest BCUT2D eigenvalue weighted by Gasteiger charge is -2.14. The monoisotopic (exact) mass is 423 g/mol. The maximum Gasteiger partial charge on any atom is 0.131 e. The third kappa shape index (κ3) is 4.16. The molecule has 0 aliphatic rings. The lowest BCUT2D eigenvalue weighted by molar-refractivity contribution is 0.398. The van der Waals surface area contributed by atoms with Gasteiger partial charge in [-0.15, -0.1) is 0 Å². The summed E-state index contributed by atoms with van der Waals surface area (Å²) >= 11 is 12.1. The van der Waals surface area contributed by atoms with E-state index in [-0.39, 0.29) is 0 Å².